The lowest BCUT2D eigenvalue weighted by molar-refractivity contribution is 0.280. The molecule has 5 heteroatoms. The lowest BCUT2D eigenvalue weighted by atomic mass is 10.2. The minimum Gasteiger partial charge on any atom is -0.314 e. The van der Waals surface area contributed by atoms with Crippen LogP contribution in [0.1, 0.15) is 12.5 Å². The van der Waals surface area contributed by atoms with Crippen LogP contribution in [0.5, 0.6) is 0 Å². The van der Waals surface area contributed by atoms with Gasteiger partial charge in [-0.25, -0.2) is 8.42 Å². The third-order valence-corrected chi connectivity index (χ3v) is 3.90. The maximum atomic E-state index is 11.0. The summed E-state index contributed by atoms with van der Waals surface area (Å²) in [6.07, 6.45) is 1.27. The molecule has 1 aromatic carbocycles. The first-order valence-electron chi connectivity index (χ1n) is 6.66. The van der Waals surface area contributed by atoms with Crippen LogP contribution in [-0.2, 0) is 16.4 Å². The van der Waals surface area contributed by atoms with Gasteiger partial charge in [-0.15, -0.1) is 0 Å². The van der Waals surface area contributed by atoms with Gasteiger partial charge in [0.1, 0.15) is 9.84 Å². The SMILES string of the molecule is CCN(CCNCCS(C)(=O)=O)Cc1ccccc1. The third-order valence-electron chi connectivity index (χ3n) is 2.95. The number of hydrogen-bond acceptors (Lipinski definition) is 4. The van der Waals surface area contributed by atoms with Crippen LogP contribution in [0.4, 0.5) is 0 Å². The van der Waals surface area contributed by atoms with E-state index in [0.717, 1.165) is 26.2 Å². The van der Waals surface area contributed by atoms with E-state index in [1.165, 1.54) is 11.8 Å². The van der Waals surface area contributed by atoms with Crippen LogP contribution >= 0.6 is 0 Å². The van der Waals surface area contributed by atoms with E-state index in [2.05, 4.69) is 29.3 Å². The molecule has 0 unspecified atom stereocenters. The highest BCUT2D eigenvalue weighted by Gasteiger charge is 2.04. The predicted octanol–water partition coefficient (Wildman–Crippen LogP) is 1.14. The molecule has 0 fully saturated rings. The summed E-state index contributed by atoms with van der Waals surface area (Å²) in [5.74, 6) is 0.206. The minimum atomic E-state index is -2.86. The van der Waals surface area contributed by atoms with Crippen molar-refractivity contribution in [1.29, 1.82) is 0 Å². The van der Waals surface area contributed by atoms with E-state index in [9.17, 15) is 8.42 Å². The summed E-state index contributed by atoms with van der Waals surface area (Å²) in [5, 5.41) is 3.17. The van der Waals surface area contributed by atoms with Crippen molar-refractivity contribution in [2.45, 2.75) is 13.5 Å². The molecule has 0 bridgehead atoms. The van der Waals surface area contributed by atoms with Gasteiger partial charge >= 0.3 is 0 Å². The molecule has 1 N–H and O–H groups in total. The molecule has 0 aromatic heterocycles. The summed E-state index contributed by atoms with van der Waals surface area (Å²) in [6.45, 7) is 6.33. The monoisotopic (exact) mass is 284 g/mol. The zero-order valence-corrected chi connectivity index (χ0v) is 12.6. The van der Waals surface area contributed by atoms with Crippen LogP contribution in [0.15, 0.2) is 30.3 Å². The first kappa shape index (κ1) is 16.1. The molecule has 0 aliphatic heterocycles. The summed E-state index contributed by atoms with van der Waals surface area (Å²) >= 11 is 0. The second kappa shape index (κ2) is 8.30. The molecule has 0 amide bonds. The Balaban J connectivity index is 2.22. The Hall–Kier alpha value is -0.910. The Morgan fingerprint density at radius 3 is 2.42 bits per heavy atom. The van der Waals surface area contributed by atoms with Crippen molar-refractivity contribution < 1.29 is 8.42 Å². The largest absolute Gasteiger partial charge is 0.314 e. The highest BCUT2D eigenvalue weighted by molar-refractivity contribution is 7.90. The molecule has 0 saturated heterocycles. The molecule has 1 rings (SSSR count). The number of nitrogens with zero attached hydrogens (tertiary/aromatic N) is 1. The van der Waals surface area contributed by atoms with Gasteiger partial charge in [0.2, 0.25) is 0 Å². The maximum Gasteiger partial charge on any atom is 0.148 e. The van der Waals surface area contributed by atoms with E-state index in [0.29, 0.717) is 6.54 Å². The average Bonchev–Trinajstić information content (AvgIpc) is 2.37. The Morgan fingerprint density at radius 1 is 1.16 bits per heavy atom. The Labute approximate surface area is 116 Å². The molecule has 0 radical (unpaired) electrons. The second-order valence-corrected chi connectivity index (χ2v) is 6.99. The standard InChI is InChI=1S/C14H24N2O2S/c1-3-16(13-14-7-5-4-6-8-14)11-9-15-10-12-19(2,17)18/h4-8,15H,3,9-13H2,1-2H3. The second-order valence-electron chi connectivity index (χ2n) is 4.73. The normalized spacial score (nSPS) is 11.9. The molecule has 0 heterocycles. The van der Waals surface area contributed by atoms with Crippen LogP contribution in [0, 0.1) is 0 Å². The van der Waals surface area contributed by atoms with Crippen molar-refractivity contribution in [3.05, 3.63) is 35.9 Å². The lowest BCUT2D eigenvalue weighted by Gasteiger charge is -2.20. The van der Waals surface area contributed by atoms with Crippen LogP contribution < -0.4 is 5.32 Å². The van der Waals surface area contributed by atoms with Crippen molar-refractivity contribution in [3.63, 3.8) is 0 Å². The maximum absolute atomic E-state index is 11.0. The smallest absolute Gasteiger partial charge is 0.148 e. The zero-order valence-electron chi connectivity index (χ0n) is 11.8. The predicted molar refractivity (Wildman–Crippen MR) is 80.0 cm³/mol. The quantitative estimate of drug-likeness (QED) is 0.691. The number of hydrogen-bond donors (Lipinski definition) is 1. The van der Waals surface area contributed by atoms with Gasteiger partial charge in [-0.3, -0.25) is 4.90 Å². The fourth-order valence-electron chi connectivity index (χ4n) is 1.81. The molecule has 19 heavy (non-hydrogen) atoms. The lowest BCUT2D eigenvalue weighted by Crippen LogP contribution is -2.33. The summed E-state index contributed by atoms with van der Waals surface area (Å²) in [4.78, 5) is 2.34. The van der Waals surface area contributed by atoms with Crippen LogP contribution in [0.2, 0.25) is 0 Å². The van der Waals surface area contributed by atoms with Gasteiger partial charge in [0.05, 0.1) is 5.75 Å². The molecule has 0 atom stereocenters. The molecular formula is C14H24N2O2S. The van der Waals surface area contributed by atoms with Gasteiger partial charge in [0.15, 0.2) is 0 Å². The highest BCUT2D eigenvalue weighted by atomic mass is 32.2. The van der Waals surface area contributed by atoms with Gasteiger partial charge in [-0.05, 0) is 12.1 Å². The van der Waals surface area contributed by atoms with Gasteiger partial charge in [0, 0.05) is 32.4 Å². The Bertz CT molecular complexity index is 446. The first-order valence-corrected chi connectivity index (χ1v) is 8.72. The molecular weight excluding hydrogens is 260 g/mol. The number of sulfone groups is 1. The zero-order chi connectivity index (χ0) is 14.1. The van der Waals surface area contributed by atoms with E-state index >= 15 is 0 Å². The molecule has 0 aliphatic carbocycles. The Kier molecular flexibility index (Phi) is 7.05. The summed E-state index contributed by atoms with van der Waals surface area (Å²) in [6, 6.07) is 10.4. The average molecular weight is 284 g/mol. The number of nitrogens with one attached hydrogen (secondary N) is 1. The first-order chi connectivity index (χ1) is 9.01. The van der Waals surface area contributed by atoms with Crippen molar-refractivity contribution >= 4 is 9.84 Å². The van der Waals surface area contributed by atoms with Crippen molar-refractivity contribution in [2.75, 3.05) is 38.2 Å². The molecule has 1 aromatic rings. The Morgan fingerprint density at radius 2 is 1.84 bits per heavy atom. The van der Waals surface area contributed by atoms with Crippen molar-refractivity contribution in [2.24, 2.45) is 0 Å². The molecule has 0 spiro atoms. The van der Waals surface area contributed by atoms with Gasteiger partial charge in [0.25, 0.3) is 0 Å². The highest BCUT2D eigenvalue weighted by Crippen LogP contribution is 2.03. The molecule has 0 aliphatic rings. The van der Waals surface area contributed by atoms with Crippen molar-refractivity contribution in [1.82, 2.24) is 10.2 Å². The fraction of sp³-hybridized carbons (Fsp3) is 0.571. The molecule has 4 nitrogen and oxygen atoms in total. The van der Waals surface area contributed by atoms with E-state index in [1.54, 1.807) is 0 Å². The van der Waals surface area contributed by atoms with Crippen LogP contribution in [-0.4, -0.2) is 51.5 Å². The van der Waals surface area contributed by atoms with E-state index in [-0.39, 0.29) is 5.75 Å². The van der Waals surface area contributed by atoms with Gasteiger partial charge in [-0.2, -0.15) is 0 Å². The van der Waals surface area contributed by atoms with E-state index < -0.39 is 9.84 Å². The summed E-state index contributed by atoms with van der Waals surface area (Å²) in [5.41, 5.74) is 1.31. The number of benzene rings is 1. The van der Waals surface area contributed by atoms with E-state index in [4.69, 9.17) is 0 Å². The summed E-state index contributed by atoms with van der Waals surface area (Å²) in [7, 11) is -2.86. The topological polar surface area (TPSA) is 49.4 Å². The summed E-state index contributed by atoms with van der Waals surface area (Å²) < 4.78 is 22.0. The number of likely N-dealkylation sites (N-methyl/N-ethyl adjacent to an activating group) is 1. The van der Waals surface area contributed by atoms with Gasteiger partial charge in [-0.1, -0.05) is 37.3 Å². The van der Waals surface area contributed by atoms with Gasteiger partial charge < -0.3 is 5.32 Å². The molecule has 108 valence electrons. The fourth-order valence-corrected chi connectivity index (χ4v) is 2.33. The van der Waals surface area contributed by atoms with E-state index in [1.807, 2.05) is 18.2 Å². The van der Waals surface area contributed by atoms with Crippen LogP contribution in [0.25, 0.3) is 0 Å². The molecule has 0 saturated carbocycles. The van der Waals surface area contributed by atoms with Crippen LogP contribution in [0.3, 0.4) is 0 Å². The van der Waals surface area contributed by atoms with Crippen molar-refractivity contribution in [3.8, 4) is 0 Å². The minimum absolute atomic E-state index is 0.206. The number of rotatable bonds is 9. The third kappa shape index (κ3) is 7.97.